The summed E-state index contributed by atoms with van der Waals surface area (Å²) in [6.07, 6.45) is 1.33. The molecule has 1 atom stereocenters. The molecule has 31 heavy (non-hydrogen) atoms. The maximum atomic E-state index is 12.5. The molecule has 1 aliphatic rings. The Hall–Kier alpha value is -2.64. The summed E-state index contributed by atoms with van der Waals surface area (Å²) in [6, 6.07) is 13.7. The number of carbonyl (C=O) groups excluding carboxylic acids is 3. The van der Waals surface area contributed by atoms with Crippen LogP contribution in [-0.2, 0) is 14.4 Å². The van der Waals surface area contributed by atoms with Crippen molar-refractivity contribution in [3.63, 3.8) is 0 Å². The minimum atomic E-state index is -0.902. The van der Waals surface area contributed by atoms with Crippen molar-refractivity contribution in [3.05, 3.63) is 64.7 Å². The van der Waals surface area contributed by atoms with Gasteiger partial charge in [-0.1, -0.05) is 11.6 Å². The minimum Gasteiger partial charge on any atom is -0.481 e. The first kappa shape index (κ1) is 23.0. The van der Waals surface area contributed by atoms with E-state index >= 15 is 0 Å². The molecule has 0 bridgehead atoms. The Bertz CT molecular complexity index is 958. The number of nitrogens with zero attached hydrogens (tertiary/aromatic N) is 1. The van der Waals surface area contributed by atoms with Gasteiger partial charge in [0.1, 0.15) is 0 Å². The number of imide groups is 1. The molecule has 1 fully saturated rings. The van der Waals surface area contributed by atoms with E-state index in [0.717, 1.165) is 4.90 Å². The van der Waals surface area contributed by atoms with E-state index in [9.17, 15) is 24.3 Å². The number of benzene rings is 2. The Morgan fingerprint density at radius 1 is 0.968 bits per heavy atom. The number of carboxylic acids is 1. The maximum Gasteiger partial charge on any atom is 0.307 e. The van der Waals surface area contributed by atoms with Crippen LogP contribution in [0.25, 0.3) is 0 Å². The minimum absolute atomic E-state index is 0.109. The summed E-state index contributed by atoms with van der Waals surface area (Å²) in [4.78, 5) is 49.5. The zero-order valence-corrected chi connectivity index (χ0v) is 18.3. The van der Waals surface area contributed by atoms with Crippen LogP contribution in [0.15, 0.2) is 53.4 Å². The summed E-state index contributed by atoms with van der Waals surface area (Å²) in [6.45, 7) is 0.271. The van der Waals surface area contributed by atoms with Crippen molar-refractivity contribution in [1.82, 2.24) is 4.90 Å². The van der Waals surface area contributed by atoms with Crippen LogP contribution in [-0.4, -0.2) is 45.9 Å². The van der Waals surface area contributed by atoms with Crippen molar-refractivity contribution < 1.29 is 24.3 Å². The fraction of sp³-hybridized carbons (Fsp3) is 0.304. The van der Waals surface area contributed by atoms with Crippen molar-refractivity contribution in [2.75, 3.05) is 12.3 Å². The van der Waals surface area contributed by atoms with E-state index in [-0.39, 0.29) is 37.0 Å². The standard InChI is InChI=1S/C23H22ClNO5S/c24-18-7-3-15(4-8-18)22(28)16-5-9-19(10-6-16)31-14-17(23(29)30)2-1-13-25-20(26)11-12-21(25)27/h3-10,17H,1-2,11-14H2,(H,29,30). The Balaban J connectivity index is 1.51. The third kappa shape index (κ3) is 6.18. The summed E-state index contributed by atoms with van der Waals surface area (Å²) in [5, 5.41) is 10.1. The van der Waals surface area contributed by atoms with Gasteiger partial charge in [-0.2, -0.15) is 0 Å². The van der Waals surface area contributed by atoms with Crippen LogP contribution in [0.3, 0.4) is 0 Å². The van der Waals surface area contributed by atoms with Gasteiger partial charge in [0.2, 0.25) is 11.8 Å². The third-order valence-electron chi connectivity index (χ3n) is 5.11. The van der Waals surface area contributed by atoms with Gasteiger partial charge in [-0.3, -0.25) is 24.1 Å². The molecule has 0 spiro atoms. The summed E-state index contributed by atoms with van der Waals surface area (Å²) in [7, 11) is 0. The Kier molecular flexibility index (Phi) is 7.87. The van der Waals surface area contributed by atoms with Crippen molar-refractivity contribution in [2.24, 2.45) is 5.92 Å². The molecule has 0 radical (unpaired) electrons. The van der Waals surface area contributed by atoms with E-state index in [0.29, 0.717) is 34.7 Å². The maximum absolute atomic E-state index is 12.5. The van der Waals surface area contributed by atoms with Crippen molar-refractivity contribution in [2.45, 2.75) is 30.6 Å². The number of halogens is 1. The fourth-order valence-corrected chi connectivity index (χ4v) is 4.47. The lowest BCUT2D eigenvalue weighted by atomic mass is 10.0. The summed E-state index contributed by atoms with van der Waals surface area (Å²) in [5.74, 6) is -1.60. The van der Waals surface area contributed by atoms with Crippen molar-refractivity contribution in [1.29, 1.82) is 0 Å². The number of thioether (sulfide) groups is 1. The number of hydrogen-bond donors (Lipinski definition) is 1. The first-order chi connectivity index (χ1) is 14.8. The topological polar surface area (TPSA) is 91.8 Å². The summed E-state index contributed by atoms with van der Waals surface area (Å²) in [5.41, 5.74) is 1.09. The van der Waals surface area contributed by atoms with Crippen LogP contribution in [0.2, 0.25) is 5.02 Å². The van der Waals surface area contributed by atoms with Crippen molar-refractivity contribution in [3.8, 4) is 0 Å². The molecule has 0 aromatic heterocycles. The van der Waals surface area contributed by atoms with E-state index < -0.39 is 11.9 Å². The van der Waals surface area contributed by atoms with Gasteiger partial charge in [-0.15, -0.1) is 11.8 Å². The number of amides is 2. The average Bonchev–Trinajstić information content (AvgIpc) is 3.08. The number of hydrogen-bond acceptors (Lipinski definition) is 5. The predicted molar refractivity (Wildman–Crippen MR) is 118 cm³/mol. The Morgan fingerprint density at radius 2 is 1.52 bits per heavy atom. The monoisotopic (exact) mass is 459 g/mol. The van der Waals surface area contributed by atoms with Gasteiger partial charge in [-0.05, 0) is 61.4 Å². The van der Waals surface area contributed by atoms with Gasteiger partial charge in [0.25, 0.3) is 0 Å². The molecule has 1 heterocycles. The first-order valence-corrected chi connectivity index (χ1v) is 11.3. The molecular formula is C23H22ClNO5S. The highest BCUT2D eigenvalue weighted by atomic mass is 35.5. The van der Waals surface area contributed by atoms with Crippen molar-refractivity contribution >= 4 is 46.9 Å². The molecule has 1 unspecified atom stereocenters. The number of likely N-dealkylation sites (tertiary alicyclic amines) is 1. The molecule has 1 N–H and O–H groups in total. The predicted octanol–water partition coefficient (Wildman–Crippen LogP) is 4.29. The molecule has 2 aromatic rings. The third-order valence-corrected chi connectivity index (χ3v) is 6.54. The molecule has 2 aromatic carbocycles. The van der Waals surface area contributed by atoms with Gasteiger partial charge >= 0.3 is 5.97 Å². The molecule has 3 rings (SSSR count). The van der Waals surface area contributed by atoms with Crippen LogP contribution in [0.4, 0.5) is 0 Å². The van der Waals surface area contributed by atoms with E-state index in [1.54, 1.807) is 48.5 Å². The molecule has 2 amide bonds. The van der Waals surface area contributed by atoms with Gasteiger partial charge in [-0.25, -0.2) is 0 Å². The van der Waals surface area contributed by atoms with E-state index in [2.05, 4.69) is 0 Å². The first-order valence-electron chi connectivity index (χ1n) is 9.94. The smallest absolute Gasteiger partial charge is 0.307 e. The Morgan fingerprint density at radius 3 is 2.06 bits per heavy atom. The second-order valence-electron chi connectivity index (χ2n) is 7.29. The quantitative estimate of drug-likeness (QED) is 0.323. The van der Waals surface area contributed by atoms with Crippen LogP contribution in [0, 0.1) is 5.92 Å². The highest BCUT2D eigenvalue weighted by Gasteiger charge is 2.28. The molecule has 162 valence electrons. The van der Waals surface area contributed by atoms with Crippen LogP contribution < -0.4 is 0 Å². The lowest BCUT2D eigenvalue weighted by Crippen LogP contribution is -2.30. The normalized spacial score (nSPS) is 14.7. The van der Waals surface area contributed by atoms with Crippen LogP contribution in [0.5, 0.6) is 0 Å². The zero-order valence-electron chi connectivity index (χ0n) is 16.8. The van der Waals surface area contributed by atoms with Gasteiger partial charge in [0.15, 0.2) is 5.78 Å². The number of carbonyl (C=O) groups is 4. The number of aliphatic carboxylic acids is 1. The Labute approximate surface area is 189 Å². The van der Waals surface area contributed by atoms with Gasteiger partial charge in [0, 0.05) is 46.2 Å². The SMILES string of the molecule is O=C(c1ccc(Cl)cc1)c1ccc(SCC(CCCN2C(=O)CCC2=O)C(=O)O)cc1. The number of carboxylic acid groups (broad SMARTS) is 1. The number of ketones is 1. The molecule has 1 aliphatic heterocycles. The summed E-state index contributed by atoms with van der Waals surface area (Å²) >= 11 is 7.26. The van der Waals surface area contributed by atoms with E-state index in [4.69, 9.17) is 11.6 Å². The number of rotatable bonds is 10. The molecule has 8 heteroatoms. The van der Waals surface area contributed by atoms with Crippen LogP contribution in [0.1, 0.15) is 41.6 Å². The summed E-state index contributed by atoms with van der Waals surface area (Å²) < 4.78 is 0. The van der Waals surface area contributed by atoms with E-state index in [1.807, 2.05) is 0 Å². The molecule has 1 saturated heterocycles. The largest absolute Gasteiger partial charge is 0.481 e. The van der Waals surface area contributed by atoms with E-state index in [1.165, 1.54) is 16.7 Å². The van der Waals surface area contributed by atoms with Gasteiger partial charge < -0.3 is 5.11 Å². The highest BCUT2D eigenvalue weighted by molar-refractivity contribution is 7.99. The zero-order chi connectivity index (χ0) is 22.4. The lowest BCUT2D eigenvalue weighted by molar-refractivity contribution is -0.141. The fourth-order valence-electron chi connectivity index (χ4n) is 3.31. The average molecular weight is 460 g/mol. The lowest BCUT2D eigenvalue weighted by Gasteiger charge is -2.16. The van der Waals surface area contributed by atoms with Gasteiger partial charge in [0.05, 0.1) is 5.92 Å². The molecular weight excluding hydrogens is 438 g/mol. The highest BCUT2D eigenvalue weighted by Crippen LogP contribution is 2.25. The second kappa shape index (κ2) is 10.6. The molecule has 0 saturated carbocycles. The van der Waals surface area contributed by atoms with Crippen LogP contribution >= 0.6 is 23.4 Å². The second-order valence-corrected chi connectivity index (χ2v) is 8.82. The molecule has 6 nitrogen and oxygen atoms in total. The molecule has 0 aliphatic carbocycles.